The highest BCUT2D eigenvalue weighted by molar-refractivity contribution is 6.15. The molecule has 0 spiro atoms. The predicted molar refractivity (Wildman–Crippen MR) is 230 cm³/mol. The van der Waals surface area contributed by atoms with Crippen molar-refractivity contribution in [2.24, 2.45) is 0 Å². The molecule has 9 aromatic carbocycles. The number of para-hydroxylation sites is 2. The molecule has 0 saturated heterocycles. The van der Waals surface area contributed by atoms with Gasteiger partial charge < -0.3 is 8.98 Å². The fourth-order valence-corrected chi connectivity index (χ4v) is 8.56. The van der Waals surface area contributed by atoms with Crippen molar-refractivity contribution < 1.29 is 4.42 Å². The van der Waals surface area contributed by atoms with E-state index in [1.54, 1.807) is 0 Å². The largest absolute Gasteiger partial charge is 0.456 e. The average molecular weight is 715 g/mol. The van der Waals surface area contributed by atoms with Crippen molar-refractivity contribution in [3.05, 3.63) is 182 Å². The van der Waals surface area contributed by atoms with Gasteiger partial charge in [-0.25, -0.2) is 15.0 Å². The average Bonchev–Trinajstić information content (AvgIpc) is 3.80. The van der Waals surface area contributed by atoms with Gasteiger partial charge in [-0.15, -0.1) is 0 Å². The lowest BCUT2D eigenvalue weighted by atomic mass is 10.0. The molecule has 3 aromatic heterocycles. The van der Waals surface area contributed by atoms with E-state index in [0.717, 1.165) is 71.5 Å². The van der Waals surface area contributed by atoms with Crippen molar-refractivity contribution in [1.29, 1.82) is 0 Å². The molecule has 0 aliphatic heterocycles. The van der Waals surface area contributed by atoms with E-state index >= 15 is 0 Å². The van der Waals surface area contributed by atoms with Crippen molar-refractivity contribution in [2.45, 2.75) is 0 Å². The third-order valence-electron chi connectivity index (χ3n) is 11.2. The van der Waals surface area contributed by atoms with Crippen LogP contribution in [0.3, 0.4) is 0 Å². The van der Waals surface area contributed by atoms with Crippen molar-refractivity contribution in [3.8, 4) is 39.9 Å². The second-order valence-electron chi connectivity index (χ2n) is 14.4. The quantitative estimate of drug-likeness (QED) is 0.182. The Balaban J connectivity index is 1.16. The van der Waals surface area contributed by atoms with Gasteiger partial charge >= 0.3 is 0 Å². The molecule has 3 heterocycles. The van der Waals surface area contributed by atoms with Crippen molar-refractivity contribution >= 4 is 76.1 Å². The van der Waals surface area contributed by atoms with E-state index in [1.165, 1.54) is 26.9 Å². The Morgan fingerprint density at radius 2 is 0.964 bits per heavy atom. The molecule has 0 unspecified atom stereocenters. The molecule has 5 nitrogen and oxygen atoms in total. The molecule has 56 heavy (non-hydrogen) atoms. The molecular weight excluding hydrogens is 685 g/mol. The highest BCUT2D eigenvalue weighted by Crippen LogP contribution is 2.40. The minimum Gasteiger partial charge on any atom is -0.456 e. The van der Waals surface area contributed by atoms with E-state index in [2.05, 4.69) is 156 Å². The lowest BCUT2D eigenvalue weighted by molar-refractivity contribution is 0.669. The van der Waals surface area contributed by atoms with Gasteiger partial charge in [-0.3, -0.25) is 0 Å². The second-order valence-corrected chi connectivity index (χ2v) is 14.4. The van der Waals surface area contributed by atoms with Crippen LogP contribution < -0.4 is 0 Å². The van der Waals surface area contributed by atoms with Crippen LogP contribution in [0.15, 0.2) is 186 Å². The van der Waals surface area contributed by atoms with Crippen LogP contribution in [0.4, 0.5) is 0 Å². The standard InChI is InChI=1S/C51H30N4O/c1-2-13-32-26-36(25-24-31(32)12-1)49-52-50(54-51(53-49)41-20-11-23-47-48(41)40-19-8-10-22-46(40)56-47)37-27-35-16-5-6-17-38(35)44(30-37)55-43-21-9-7-18-39(43)42-28-33-14-3-4-15-34(33)29-45(42)55/h1-30H. The number of furan rings is 1. The summed E-state index contributed by atoms with van der Waals surface area (Å²) in [5, 5.41) is 11.4. The minimum atomic E-state index is 0.591. The highest BCUT2D eigenvalue weighted by Gasteiger charge is 2.21. The number of hydrogen-bond acceptors (Lipinski definition) is 4. The number of rotatable bonds is 4. The first kappa shape index (κ1) is 30.8. The van der Waals surface area contributed by atoms with E-state index in [9.17, 15) is 0 Å². The molecule has 0 aliphatic rings. The minimum absolute atomic E-state index is 0.591. The number of benzene rings is 9. The molecule has 0 radical (unpaired) electrons. The maximum Gasteiger partial charge on any atom is 0.164 e. The number of fused-ring (bicyclic) bond motifs is 9. The monoisotopic (exact) mass is 714 g/mol. The SMILES string of the molecule is c1ccc2cc(-c3nc(-c4cc(-n5c6ccccc6c6cc7ccccc7cc65)c5ccccc5c4)nc(-c4cccc5oc6ccccc6c45)n3)ccc2c1. The molecule has 0 fully saturated rings. The van der Waals surface area contributed by atoms with E-state index in [1.807, 2.05) is 30.3 Å². The van der Waals surface area contributed by atoms with Gasteiger partial charge in [0, 0.05) is 43.6 Å². The molecule has 0 saturated carbocycles. The highest BCUT2D eigenvalue weighted by atomic mass is 16.3. The first-order valence-electron chi connectivity index (χ1n) is 18.8. The molecule has 0 atom stereocenters. The molecule has 12 rings (SSSR count). The van der Waals surface area contributed by atoms with Crippen LogP contribution in [0.2, 0.25) is 0 Å². The second kappa shape index (κ2) is 11.9. The fraction of sp³-hybridized carbons (Fsp3) is 0. The van der Waals surface area contributed by atoms with E-state index in [0.29, 0.717) is 17.5 Å². The molecule has 260 valence electrons. The van der Waals surface area contributed by atoms with Gasteiger partial charge in [-0.1, -0.05) is 133 Å². The van der Waals surface area contributed by atoms with Crippen molar-refractivity contribution in [2.75, 3.05) is 0 Å². The molecule has 0 amide bonds. The molecule has 12 aromatic rings. The summed E-state index contributed by atoms with van der Waals surface area (Å²) < 4.78 is 8.73. The number of nitrogens with zero attached hydrogens (tertiary/aromatic N) is 4. The van der Waals surface area contributed by atoms with Gasteiger partial charge in [0.1, 0.15) is 11.2 Å². The Kier molecular flexibility index (Phi) is 6.56. The van der Waals surface area contributed by atoms with Crippen LogP contribution in [-0.4, -0.2) is 19.5 Å². The molecule has 5 heteroatoms. The topological polar surface area (TPSA) is 56.7 Å². The lowest BCUT2D eigenvalue weighted by Gasteiger charge is -2.15. The Morgan fingerprint density at radius 1 is 0.357 bits per heavy atom. The first-order chi connectivity index (χ1) is 27.7. The van der Waals surface area contributed by atoms with Crippen LogP contribution in [-0.2, 0) is 0 Å². The van der Waals surface area contributed by atoms with Crippen LogP contribution in [0, 0.1) is 0 Å². The molecular formula is C51H30N4O. The van der Waals surface area contributed by atoms with E-state index in [4.69, 9.17) is 19.4 Å². The Hall–Kier alpha value is -7.63. The van der Waals surface area contributed by atoms with Crippen LogP contribution in [0.1, 0.15) is 0 Å². The summed E-state index contributed by atoms with van der Waals surface area (Å²) in [6.07, 6.45) is 0. The predicted octanol–water partition coefficient (Wildman–Crippen LogP) is 13.3. The summed E-state index contributed by atoms with van der Waals surface area (Å²) in [7, 11) is 0. The van der Waals surface area contributed by atoms with Crippen molar-refractivity contribution in [1.82, 2.24) is 19.5 Å². The van der Waals surface area contributed by atoms with Crippen LogP contribution >= 0.6 is 0 Å². The van der Waals surface area contributed by atoms with E-state index in [-0.39, 0.29) is 0 Å². The van der Waals surface area contributed by atoms with Crippen LogP contribution in [0.25, 0.3) is 116 Å². The third kappa shape index (κ3) is 4.71. The van der Waals surface area contributed by atoms with Gasteiger partial charge in [0.2, 0.25) is 0 Å². The normalized spacial score (nSPS) is 11.9. The zero-order valence-electron chi connectivity index (χ0n) is 30.0. The zero-order chi connectivity index (χ0) is 36.7. The summed E-state index contributed by atoms with van der Waals surface area (Å²) >= 11 is 0. The lowest BCUT2D eigenvalue weighted by Crippen LogP contribution is -2.02. The summed E-state index contributed by atoms with van der Waals surface area (Å²) in [5.41, 5.74) is 7.71. The summed E-state index contributed by atoms with van der Waals surface area (Å²) in [5.74, 6) is 1.80. The van der Waals surface area contributed by atoms with Gasteiger partial charge in [0.25, 0.3) is 0 Å². The smallest absolute Gasteiger partial charge is 0.164 e. The third-order valence-corrected chi connectivity index (χ3v) is 11.2. The fourth-order valence-electron chi connectivity index (χ4n) is 8.56. The Labute approximate surface area is 320 Å². The maximum atomic E-state index is 6.32. The molecule has 0 bridgehead atoms. The summed E-state index contributed by atoms with van der Waals surface area (Å²) in [4.78, 5) is 15.8. The summed E-state index contributed by atoms with van der Waals surface area (Å²) in [6.45, 7) is 0. The Bertz CT molecular complexity index is 3560. The van der Waals surface area contributed by atoms with Gasteiger partial charge in [0.15, 0.2) is 17.5 Å². The molecule has 0 aliphatic carbocycles. The zero-order valence-corrected chi connectivity index (χ0v) is 30.0. The van der Waals surface area contributed by atoms with E-state index < -0.39 is 0 Å². The summed E-state index contributed by atoms with van der Waals surface area (Å²) in [6, 6.07) is 64.0. The van der Waals surface area contributed by atoms with Gasteiger partial charge in [-0.05, 0) is 75.5 Å². The number of hydrogen-bond donors (Lipinski definition) is 0. The van der Waals surface area contributed by atoms with Crippen LogP contribution in [0.5, 0.6) is 0 Å². The Morgan fingerprint density at radius 3 is 1.80 bits per heavy atom. The van der Waals surface area contributed by atoms with Gasteiger partial charge in [-0.2, -0.15) is 0 Å². The van der Waals surface area contributed by atoms with Crippen molar-refractivity contribution in [3.63, 3.8) is 0 Å². The number of aromatic nitrogens is 4. The molecule has 0 N–H and O–H groups in total. The maximum absolute atomic E-state index is 6.32. The van der Waals surface area contributed by atoms with Gasteiger partial charge in [0.05, 0.1) is 16.7 Å². The first-order valence-corrected chi connectivity index (χ1v) is 18.8.